The van der Waals surface area contributed by atoms with Crippen LogP contribution in [0.4, 0.5) is 0 Å². The smallest absolute Gasteiger partial charge is 0.210 e. The van der Waals surface area contributed by atoms with Gasteiger partial charge in [-0.25, -0.2) is 8.42 Å². The maximum absolute atomic E-state index is 12.8. The molecule has 0 spiro atoms. The van der Waals surface area contributed by atoms with Gasteiger partial charge in [0.1, 0.15) is 11.5 Å². The molecule has 25 heavy (non-hydrogen) atoms. The van der Waals surface area contributed by atoms with Gasteiger partial charge in [-0.1, -0.05) is 12.1 Å². The monoisotopic (exact) mass is 358 g/mol. The zero-order chi connectivity index (χ0) is 18.4. The molecule has 0 atom stereocenters. The van der Waals surface area contributed by atoms with E-state index in [1.54, 1.807) is 38.1 Å². The minimum Gasteiger partial charge on any atom is -0.508 e. The highest BCUT2D eigenvalue weighted by Gasteiger charge is 2.42. The van der Waals surface area contributed by atoms with Gasteiger partial charge in [0, 0.05) is 11.8 Å². The Kier molecular flexibility index (Phi) is 3.95. The zero-order valence-corrected chi connectivity index (χ0v) is 14.9. The molecular formula is C19H18O5S. The predicted octanol–water partition coefficient (Wildman–Crippen LogP) is 3.04. The first kappa shape index (κ1) is 17.2. The number of phenols is 1. The van der Waals surface area contributed by atoms with Crippen LogP contribution in [0.1, 0.15) is 25.0 Å². The summed E-state index contributed by atoms with van der Waals surface area (Å²) in [5.41, 5.74) is 0.487. The molecule has 1 heterocycles. The summed E-state index contributed by atoms with van der Waals surface area (Å²) < 4.78 is 29.1. The molecule has 0 saturated heterocycles. The van der Waals surface area contributed by atoms with E-state index in [2.05, 4.69) is 0 Å². The predicted molar refractivity (Wildman–Crippen MR) is 94.6 cm³/mol. The van der Waals surface area contributed by atoms with Gasteiger partial charge >= 0.3 is 0 Å². The molecule has 0 radical (unpaired) electrons. The molecular weight excluding hydrogens is 340 g/mol. The normalized spacial score (nSPS) is 16.8. The third-order valence-corrected chi connectivity index (χ3v) is 5.17. The van der Waals surface area contributed by atoms with Gasteiger partial charge in [0.2, 0.25) is 5.78 Å². The lowest BCUT2D eigenvalue weighted by Crippen LogP contribution is -2.29. The fraction of sp³-hybridized carbons (Fsp3) is 0.211. The Labute approximate surface area is 146 Å². The van der Waals surface area contributed by atoms with Crippen LogP contribution >= 0.6 is 0 Å². The molecule has 0 unspecified atom stereocenters. The number of ether oxygens (including phenoxy) is 1. The van der Waals surface area contributed by atoms with E-state index in [0.29, 0.717) is 22.5 Å². The first-order valence-corrected chi connectivity index (χ1v) is 9.57. The lowest BCUT2D eigenvalue weighted by atomic mass is 9.92. The van der Waals surface area contributed by atoms with Crippen LogP contribution in [-0.2, 0) is 19.4 Å². The Morgan fingerprint density at radius 2 is 1.64 bits per heavy atom. The molecule has 0 aliphatic carbocycles. The number of rotatable bonds is 3. The topological polar surface area (TPSA) is 80.7 Å². The Hall–Kier alpha value is -2.60. The molecule has 3 rings (SSSR count). The lowest BCUT2D eigenvalue weighted by Gasteiger charge is -2.17. The molecule has 2 aromatic carbocycles. The maximum atomic E-state index is 12.8. The fourth-order valence-electron chi connectivity index (χ4n) is 2.74. The molecule has 130 valence electrons. The largest absolute Gasteiger partial charge is 0.508 e. The van der Waals surface area contributed by atoms with Crippen LogP contribution in [-0.4, -0.2) is 31.2 Å². The molecule has 2 aromatic rings. The first-order chi connectivity index (χ1) is 11.6. The minimum atomic E-state index is -3.30. The molecule has 5 nitrogen and oxygen atoms in total. The van der Waals surface area contributed by atoms with Crippen molar-refractivity contribution in [3.8, 4) is 5.75 Å². The lowest BCUT2D eigenvalue weighted by molar-refractivity contribution is -0.125. The summed E-state index contributed by atoms with van der Waals surface area (Å²) in [5.74, 6) is 0.232. The van der Waals surface area contributed by atoms with Crippen LogP contribution in [0, 0.1) is 0 Å². The molecule has 0 aromatic heterocycles. The average molecular weight is 358 g/mol. The van der Waals surface area contributed by atoms with Crippen LogP contribution < -0.4 is 0 Å². The number of benzene rings is 2. The summed E-state index contributed by atoms with van der Waals surface area (Å²) in [4.78, 5) is 13.0. The molecule has 0 saturated carbocycles. The van der Waals surface area contributed by atoms with Gasteiger partial charge in [0.25, 0.3) is 0 Å². The number of carbonyl (C=O) groups is 1. The first-order valence-electron chi connectivity index (χ1n) is 7.67. The van der Waals surface area contributed by atoms with E-state index in [-0.39, 0.29) is 16.4 Å². The number of carbonyl (C=O) groups excluding carboxylic acids is 1. The Balaban J connectivity index is 2.17. The summed E-state index contributed by atoms with van der Waals surface area (Å²) in [6.07, 6.45) is 1.14. The molecule has 1 N–H and O–H groups in total. The van der Waals surface area contributed by atoms with Gasteiger partial charge in [-0.3, -0.25) is 4.79 Å². The van der Waals surface area contributed by atoms with E-state index in [9.17, 15) is 18.3 Å². The second-order valence-corrected chi connectivity index (χ2v) is 8.51. The molecule has 0 bridgehead atoms. The summed E-state index contributed by atoms with van der Waals surface area (Å²) in [6, 6.07) is 12.6. The summed E-state index contributed by atoms with van der Waals surface area (Å²) >= 11 is 0. The van der Waals surface area contributed by atoms with Crippen LogP contribution in [0.25, 0.3) is 11.3 Å². The molecule has 0 amide bonds. The summed E-state index contributed by atoms with van der Waals surface area (Å²) in [7, 11) is -3.30. The van der Waals surface area contributed by atoms with E-state index < -0.39 is 15.4 Å². The standard InChI is InChI=1S/C19H18O5S/c1-19(2)18(21)16(13-5-4-6-14(20)11-13)17(24-19)12-7-9-15(10-8-12)25(3,22)23/h4-11,20H,1-3H3. The van der Waals surface area contributed by atoms with E-state index in [4.69, 9.17) is 4.74 Å². The van der Waals surface area contributed by atoms with Crippen LogP contribution in [0.2, 0.25) is 0 Å². The van der Waals surface area contributed by atoms with Crippen molar-refractivity contribution in [1.29, 1.82) is 0 Å². The third kappa shape index (κ3) is 3.17. The van der Waals surface area contributed by atoms with Gasteiger partial charge in [0.15, 0.2) is 15.4 Å². The average Bonchev–Trinajstić information content (AvgIpc) is 2.77. The Morgan fingerprint density at radius 3 is 2.20 bits per heavy atom. The van der Waals surface area contributed by atoms with Crippen molar-refractivity contribution in [3.63, 3.8) is 0 Å². The fourth-order valence-corrected chi connectivity index (χ4v) is 3.37. The number of sulfone groups is 1. The minimum absolute atomic E-state index is 0.0503. The Bertz CT molecular complexity index is 983. The number of ketones is 1. The van der Waals surface area contributed by atoms with E-state index in [1.165, 1.54) is 24.3 Å². The van der Waals surface area contributed by atoms with Crippen molar-refractivity contribution in [2.24, 2.45) is 0 Å². The van der Waals surface area contributed by atoms with E-state index in [1.807, 2.05) is 0 Å². The van der Waals surface area contributed by atoms with Gasteiger partial charge < -0.3 is 9.84 Å². The molecule has 6 heteroatoms. The summed E-state index contributed by atoms with van der Waals surface area (Å²) in [6.45, 7) is 3.35. The second-order valence-electron chi connectivity index (χ2n) is 6.49. The molecule has 0 fully saturated rings. The number of aromatic hydroxyl groups is 1. The quantitative estimate of drug-likeness (QED) is 0.912. The van der Waals surface area contributed by atoms with Crippen molar-refractivity contribution in [3.05, 3.63) is 59.7 Å². The molecule has 1 aliphatic heterocycles. The van der Waals surface area contributed by atoms with Crippen molar-refractivity contribution in [1.82, 2.24) is 0 Å². The maximum Gasteiger partial charge on any atom is 0.210 e. The number of Topliss-reactive ketones (excluding diaryl/α,β-unsaturated/α-hetero) is 1. The van der Waals surface area contributed by atoms with Crippen LogP contribution in [0.3, 0.4) is 0 Å². The van der Waals surface area contributed by atoms with E-state index in [0.717, 1.165) is 6.26 Å². The van der Waals surface area contributed by atoms with Gasteiger partial charge in [-0.05, 0) is 55.8 Å². The SMILES string of the molecule is CC1(C)OC(c2ccc(S(C)(=O)=O)cc2)=C(c2cccc(O)c2)C1=O. The Morgan fingerprint density at radius 1 is 1.00 bits per heavy atom. The zero-order valence-electron chi connectivity index (χ0n) is 14.1. The highest BCUT2D eigenvalue weighted by Crippen LogP contribution is 2.41. The number of hydrogen-bond donors (Lipinski definition) is 1. The second kappa shape index (κ2) is 5.74. The van der Waals surface area contributed by atoms with Crippen molar-refractivity contribution >= 4 is 27.0 Å². The number of hydrogen-bond acceptors (Lipinski definition) is 5. The van der Waals surface area contributed by atoms with Crippen LogP contribution in [0.5, 0.6) is 5.75 Å². The summed E-state index contributed by atoms with van der Waals surface area (Å²) in [5, 5.41) is 9.73. The van der Waals surface area contributed by atoms with Crippen molar-refractivity contribution in [2.45, 2.75) is 24.3 Å². The van der Waals surface area contributed by atoms with Crippen molar-refractivity contribution in [2.75, 3.05) is 6.26 Å². The van der Waals surface area contributed by atoms with Crippen molar-refractivity contribution < 1.29 is 23.1 Å². The number of phenolic OH excluding ortho intramolecular Hbond substituents is 1. The van der Waals surface area contributed by atoms with Crippen LogP contribution in [0.15, 0.2) is 53.4 Å². The third-order valence-electron chi connectivity index (χ3n) is 4.04. The van der Waals surface area contributed by atoms with Gasteiger partial charge in [-0.15, -0.1) is 0 Å². The molecule has 1 aliphatic rings. The highest BCUT2D eigenvalue weighted by molar-refractivity contribution is 7.90. The van der Waals surface area contributed by atoms with Gasteiger partial charge in [-0.2, -0.15) is 0 Å². The van der Waals surface area contributed by atoms with Gasteiger partial charge in [0.05, 0.1) is 10.5 Å². The van der Waals surface area contributed by atoms with E-state index >= 15 is 0 Å². The highest BCUT2D eigenvalue weighted by atomic mass is 32.2.